The maximum absolute atomic E-state index is 11.6. The largest absolute Gasteiger partial charge is 0.394 e. The Labute approximate surface area is 78.3 Å². The van der Waals surface area contributed by atoms with Gasteiger partial charge in [0.2, 0.25) is 0 Å². The molecule has 0 aromatic rings. The van der Waals surface area contributed by atoms with Crippen LogP contribution < -0.4 is 5.32 Å². The molecular formula is C9H17NO3. The minimum Gasteiger partial charge on any atom is -0.394 e. The smallest absolute Gasteiger partial charge is 0.252 e. The van der Waals surface area contributed by atoms with Crippen molar-refractivity contribution in [2.24, 2.45) is 0 Å². The van der Waals surface area contributed by atoms with Crippen molar-refractivity contribution in [3.05, 3.63) is 0 Å². The summed E-state index contributed by atoms with van der Waals surface area (Å²) < 4.78 is 5.35. The average molecular weight is 187 g/mol. The van der Waals surface area contributed by atoms with Gasteiger partial charge in [0.25, 0.3) is 5.91 Å². The number of carbonyl (C=O) groups is 1. The third-order valence-electron chi connectivity index (χ3n) is 2.35. The lowest BCUT2D eigenvalue weighted by atomic mass is 10.0. The first-order chi connectivity index (χ1) is 6.08. The Hall–Kier alpha value is -0.610. The van der Waals surface area contributed by atoms with E-state index in [4.69, 9.17) is 9.84 Å². The van der Waals surface area contributed by atoms with E-state index in [9.17, 15) is 4.79 Å². The van der Waals surface area contributed by atoms with Crippen molar-refractivity contribution >= 4 is 5.91 Å². The van der Waals surface area contributed by atoms with Crippen LogP contribution in [0, 0.1) is 0 Å². The standard InChI is InChI=1S/C9H17NO3/c1-7(6-11)10-8(12)9(2)4-3-5-13-9/h7,11H,3-6H2,1-2H3,(H,10,12). The van der Waals surface area contributed by atoms with E-state index in [-0.39, 0.29) is 18.6 Å². The van der Waals surface area contributed by atoms with Crippen molar-refractivity contribution < 1.29 is 14.6 Å². The van der Waals surface area contributed by atoms with E-state index >= 15 is 0 Å². The molecule has 2 atom stereocenters. The highest BCUT2D eigenvalue weighted by Gasteiger charge is 2.37. The highest BCUT2D eigenvalue weighted by molar-refractivity contribution is 5.85. The van der Waals surface area contributed by atoms with E-state index in [1.54, 1.807) is 13.8 Å². The van der Waals surface area contributed by atoms with Gasteiger partial charge in [-0.25, -0.2) is 0 Å². The monoisotopic (exact) mass is 187 g/mol. The van der Waals surface area contributed by atoms with Crippen molar-refractivity contribution in [3.63, 3.8) is 0 Å². The maximum Gasteiger partial charge on any atom is 0.252 e. The molecule has 1 amide bonds. The molecule has 0 bridgehead atoms. The van der Waals surface area contributed by atoms with Gasteiger partial charge < -0.3 is 15.2 Å². The number of amides is 1. The summed E-state index contributed by atoms with van der Waals surface area (Å²) in [6.07, 6.45) is 1.69. The molecule has 1 aliphatic rings. The van der Waals surface area contributed by atoms with Crippen LogP contribution in [0.3, 0.4) is 0 Å². The van der Waals surface area contributed by atoms with Crippen LogP contribution in [0.1, 0.15) is 26.7 Å². The van der Waals surface area contributed by atoms with Gasteiger partial charge in [-0.1, -0.05) is 0 Å². The molecule has 2 unspecified atom stereocenters. The lowest BCUT2D eigenvalue weighted by Crippen LogP contribution is -2.48. The van der Waals surface area contributed by atoms with Gasteiger partial charge >= 0.3 is 0 Å². The number of nitrogens with one attached hydrogen (secondary N) is 1. The van der Waals surface area contributed by atoms with E-state index in [0.717, 1.165) is 12.8 Å². The van der Waals surface area contributed by atoms with Gasteiger partial charge in [-0.15, -0.1) is 0 Å². The summed E-state index contributed by atoms with van der Waals surface area (Å²) in [5.41, 5.74) is -0.677. The lowest BCUT2D eigenvalue weighted by molar-refractivity contribution is -0.140. The summed E-state index contributed by atoms with van der Waals surface area (Å²) in [6, 6.07) is -0.200. The number of carbonyl (C=O) groups excluding carboxylic acids is 1. The van der Waals surface area contributed by atoms with Crippen LogP contribution >= 0.6 is 0 Å². The highest BCUT2D eigenvalue weighted by atomic mass is 16.5. The predicted octanol–water partition coefficient (Wildman–Crippen LogP) is 0.0525. The lowest BCUT2D eigenvalue weighted by Gasteiger charge is -2.23. The Morgan fingerprint density at radius 2 is 2.46 bits per heavy atom. The van der Waals surface area contributed by atoms with Gasteiger partial charge in [-0.2, -0.15) is 0 Å². The first-order valence-electron chi connectivity index (χ1n) is 4.64. The minimum absolute atomic E-state index is 0.0399. The SMILES string of the molecule is CC(CO)NC(=O)C1(C)CCCO1. The number of aliphatic hydroxyl groups is 1. The first kappa shape index (κ1) is 10.5. The van der Waals surface area contributed by atoms with E-state index in [0.29, 0.717) is 6.61 Å². The predicted molar refractivity (Wildman–Crippen MR) is 48.3 cm³/mol. The number of aliphatic hydroxyl groups excluding tert-OH is 1. The van der Waals surface area contributed by atoms with Crippen LogP contribution in [-0.2, 0) is 9.53 Å². The summed E-state index contributed by atoms with van der Waals surface area (Å²) in [5.74, 6) is -0.119. The molecule has 0 radical (unpaired) electrons. The Kier molecular flexibility index (Phi) is 3.27. The van der Waals surface area contributed by atoms with E-state index in [2.05, 4.69) is 5.32 Å². The summed E-state index contributed by atoms with van der Waals surface area (Å²) in [4.78, 5) is 11.6. The van der Waals surface area contributed by atoms with Gasteiger partial charge in [-0.3, -0.25) is 4.79 Å². The number of hydrogen-bond acceptors (Lipinski definition) is 3. The minimum atomic E-state index is -0.677. The van der Waals surface area contributed by atoms with Crippen molar-refractivity contribution in [1.29, 1.82) is 0 Å². The fourth-order valence-corrected chi connectivity index (χ4v) is 1.38. The van der Waals surface area contributed by atoms with Gasteiger partial charge in [0.1, 0.15) is 5.60 Å². The quantitative estimate of drug-likeness (QED) is 0.656. The van der Waals surface area contributed by atoms with E-state index < -0.39 is 5.60 Å². The molecule has 4 nitrogen and oxygen atoms in total. The Morgan fingerprint density at radius 3 is 2.92 bits per heavy atom. The fourth-order valence-electron chi connectivity index (χ4n) is 1.38. The second-order valence-electron chi connectivity index (χ2n) is 3.74. The van der Waals surface area contributed by atoms with Gasteiger partial charge in [0.15, 0.2) is 0 Å². The molecular weight excluding hydrogens is 170 g/mol. The zero-order chi connectivity index (χ0) is 9.90. The molecule has 13 heavy (non-hydrogen) atoms. The Morgan fingerprint density at radius 1 is 1.77 bits per heavy atom. The maximum atomic E-state index is 11.6. The zero-order valence-electron chi connectivity index (χ0n) is 8.17. The second kappa shape index (κ2) is 4.07. The van der Waals surface area contributed by atoms with Crippen LogP contribution in [0.15, 0.2) is 0 Å². The van der Waals surface area contributed by atoms with E-state index in [1.807, 2.05) is 0 Å². The number of hydrogen-bond donors (Lipinski definition) is 2. The third-order valence-corrected chi connectivity index (χ3v) is 2.35. The molecule has 76 valence electrons. The van der Waals surface area contributed by atoms with Crippen LogP contribution in [-0.4, -0.2) is 35.9 Å². The van der Waals surface area contributed by atoms with Crippen molar-refractivity contribution in [1.82, 2.24) is 5.32 Å². The van der Waals surface area contributed by atoms with Crippen molar-refractivity contribution in [2.45, 2.75) is 38.3 Å². The summed E-state index contributed by atoms with van der Waals surface area (Å²) in [5, 5.41) is 11.5. The highest BCUT2D eigenvalue weighted by Crippen LogP contribution is 2.24. The Balaban J connectivity index is 2.46. The molecule has 2 N–H and O–H groups in total. The number of rotatable bonds is 3. The van der Waals surface area contributed by atoms with Gasteiger partial charge in [0, 0.05) is 12.6 Å². The van der Waals surface area contributed by atoms with Crippen LogP contribution in [0.2, 0.25) is 0 Å². The van der Waals surface area contributed by atoms with Crippen molar-refractivity contribution in [3.8, 4) is 0 Å². The normalized spacial score (nSPS) is 30.1. The molecule has 1 aliphatic heterocycles. The molecule has 1 rings (SSSR count). The van der Waals surface area contributed by atoms with Crippen molar-refractivity contribution in [2.75, 3.05) is 13.2 Å². The molecule has 1 heterocycles. The van der Waals surface area contributed by atoms with Crippen LogP contribution in [0.5, 0.6) is 0 Å². The molecule has 0 aromatic carbocycles. The number of ether oxygens (including phenoxy) is 1. The average Bonchev–Trinajstić information content (AvgIpc) is 2.53. The molecule has 0 aromatic heterocycles. The molecule has 4 heteroatoms. The molecule has 1 fully saturated rings. The third kappa shape index (κ3) is 2.42. The summed E-state index contributed by atoms with van der Waals surface area (Å²) >= 11 is 0. The van der Waals surface area contributed by atoms with Crippen LogP contribution in [0.4, 0.5) is 0 Å². The fraction of sp³-hybridized carbons (Fsp3) is 0.889. The first-order valence-corrected chi connectivity index (χ1v) is 4.64. The topological polar surface area (TPSA) is 58.6 Å². The second-order valence-corrected chi connectivity index (χ2v) is 3.74. The summed E-state index contributed by atoms with van der Waals surface area (Å²) in [6.45, 7) is 4.16. The summed E-state index contributed by atoms with van der Waals surface area (Å²) in [7, 11) is 0. The van der Waals surface area contributed by atoms with E-state index in [1.165, 1.54) is 0 Å². The Bertz CT molecular complexity index is 187. The molecule has 1 saturated heterocycles. The van der Waals surface area contributed by atoms with Gasteiger partial charge in [0.05, 0.1) is 6.61 Å². The molecule has 0 saturated carbocycles. The van der Waals surface area contributed by atoms with Crippen LogP contribution in [0.25, 0.3) is 0 Å². The molecule has 0 aliphatic carbocycles. The van der Waals surface area contributed by atoms with Gasteiger partial charge in [-0.05, 0) is 26.7 Å². The zero-order valence-corrected chi connectivity index (χ0v) is 8.17. The molecule has 0 spiro atoms.